The largest absolute Gasteiger partial charge is 0.494 e. The van der Waals surface area contributed by atoms with E-state index in [9.17, 15) is 9.18 Å². The SMILES string of the molecule is CC(NC(=O)c1cn(C)c2ccc(B3OC(C)(C)C(C)(C)O3)cc12)c1cccc(F)c1. The van der Waals surface area contributed by atoms with Crippen molar-refractivity contribution in [3.05, 3.63) is 65.6 Å². The maximum Gasteiger partial charge on any atom is 0.494 e. The van der Waals surface area contributed by atoms with Gasteiger partial charge in [0.2, 0.25) is 0 Å². The maximum absolute atomic E-state index is 13.6. The number of hydrogen-bond acceptors (Lipinski definition) is 3. The molecule has 0 aliphatic carbocycles. The predicted molar refractivity (Wildman–Crippen MR) is 121 cm³/mol. The highest BCUT2D eigenvalue weighted by Gasteiger charge is 2.51. The number of aromatic nitrogens is 1. The van der Waals surface area contributed by atoms with Crippen LogP contribution in [0.5, 0.6) is 0 Å². The minimum Gasteiger partial charge on any atom is -0.399 e. The Morgan fingerprint density at radius 1 is 1.10 bits per heavy atom. The summed E-state index contributed by atoms with van der Waals surface area (Å²) in [7, 11) is 1.40. The molecular formula is C24H28BFN2O3. The summed E-state index contributed by atoms with van der Waals surface area (Å²) < 4.78 is 27.8. The molecule has 162 valence electrons. The second kappa shape index (κ2) is 7.50. The van der Waals surface area contributed by atoms with E-state index in [0.717, 1.165) is 16.4 Å². The van der Waals surface area contributed by atoms with Crippen LogP contribution < -0.4 is 10.8 Å². The molecule has 0 bridgehead atoms. The van der Waals surface area contributed by atoms with Crippen LogP contribution >= 0.6 is 0 Å². The first-order valence-corrected chi connectivity index (χ1v) is 10.5. The van der Waals surface area contributed by atoms with E-state index in [2.05, 4.69) is 5.32 Å². The van der Waals surface area contributed by atoms with Gasteiger partial charge in [0.1, 0.15) is 5.82 Å². The molecule has 3 aromatic rings. The average Bonchev–Trinajstić information content (AvgIpc) is 3.14. The first-order valence-electron chi connectivity index (χ1n) is 10.5. The highest BCUT2D eigenvalue weighted by atomic mass is 19.1. The van der Waals surface area contributed by atoms with E-state index in [4.69, 9.17) is 9.31 Å². The molecule has 0 saturated carbocycles. The molecule has 31 heavy (non-hydrogen) atoms. The number of carbonyl (C=O) groups is 1. The molecule has 1 amide bonds. The summed E-state index contributed by atoms with van der Waals surface area (Å²) in [5, 5.41) is 3.80. The Morgan fingerprint density at radius 3 is 2.42 bits per heavy atom. The van der Waals surface area contributed by atoms with Gasteiger partial charge in [-0.3, -0.25) is 4.79 Å². The Morgan fingerprint density at radius 2 is 1.77 bits per heavy atom. The van der Waals surface area contributed by atoms with Crippen LogP contribution in [0.4, 0.5) is 4.39 Å². The lowest BCUT2D eigenvalue weighted by atomic mass is 9.78. The van der Waals surface area contributed by atoms with Crippen molar-refractivity contribution >= 4 is 29.4 Å². The van der Waals surface area contributed by atoms with Gasteiger partial charge in [0.25, 0.3) is 5.91 Å². The Bertz CT molecular complexity index is 1140. The lowest BCUT2D eigenvalue weighted by Gasteiger charge is -2.32. The first kappa shape index (κ1) is 21.6. The number of amides is 1. The lowest BCUT2D eigenvalue weighted by Crippen LogP contribution is -2.41. The molecular weight excluding hydrogens is 394 g/mol. The summed E-state index contributed by atoms with van der Waals surface area (Å²) in [6.07, 6.45) is 1.81. The Hall–Kier alpha value is -2.64. The number of benzene rings is 2. The van der Waals surface area contributed by atoms with Gasteiger partial charge in [-0.05, 0) is 63.8 Å². The van der Waals surface area contributed by atoms with Gasteiger partial charge >= 0.3 is 7.12 Å². The summed E-state index contributed by atoms with van der Waals surface area (Å²) >= 11 is 0. The average molecular weight is 422 g/mol. The zero-order chi connectivity index (χ0) is 22.6. The van der Waals surface area contributed by atoms with Crippen molar-refractivity contribution in [1.82, 2.24) is 9.88 Å². The van der Waals surface area contributed by atoms with Gasteiger partial charge in [-0.25, -0.2) is 4.39 Å². The van der Waals surface area contributed by atoms with Crippen LogP contribution in [-0.2, 0) is 16.4 Å². The van der Waals surface area contributed by atoms with Crippen LogP contribution in [0.3, 0.4) is 0 Å². The molecule has 2 aromatic carbocycles. The predicted octanol–water partition coefficient (Wildman–Crippen LogP) is 4.11. The third-order valence-electron chi connectivity index (χ3n) is 6.48. The minimum atomic E-state index is -0.503. The van der Waals surface area contributed by atoms with E-state index in [1.807, 2.05) is 70.6 Å². The highest BCUT2D eigenvalue weighted by Crippen LogP contribution is 2.36. The van der Waals surface area contributed by atoms with Gasteiger partial charge in [0.15, 0.2) is 0 Å². The fourth-order valence-electron chi connectivity index (χ4n) is 3.85. The normalized spacial score (nSPS) is 18.4. The molecule has 1 aromatic heterocycles. The van der Waals surface area contributed by atoms with Crippen molar-refractivity contribution in [2.24, 2.45) is 7.05 Å². The minimum absolute atomic E-state index is 0.214. The van der Waals surface area contributed by atoms with E-state index < -0.39 is 18.3 Å². The van der Waals surface area contributed by atoms with Gasteiger partial charge in [0.05, 0.1) is 22.8 Å². The van der Waals surface area contributed by atoms with Gasteiger partial charge in [-0.1, -0.05) is 24.3 Å². The van der Waals surface area contributed by atoms with Crippen molar-refractivity contribution in [2.45, 2.75) is 51.9 Å². The third-order valence-corrected chi connectivity index (χ3v) is 6.48. The van der Waals surface area contributed by atoms with Crippen molar-refractivity contribution in [3.8, 4) is 0 Å². The smallest absolute Gasteiger partial charge is 0.399 e. The Balaban J connectivity index is 1.64. The highest BCUT2D eigenvalue weighted by molar-refractivity contribution is 6.62. The van der Waals surface area contributed by atoms with E-state index in [1.165, 1.54) is 12.1 Å². The molecule has 4 rings (SSSR count). The molecule has 1 aliphatic rings. The van der Waals surface area contributed by atoms with Crippen LogP contribution in [0, 0.1) is 5.82 Å². The van der Waals surface area contributed by atoms with Gasteiger partial charge in [-0.15, -0.1) is 0 Å². The Labute approximate surface area is 182 Å². The fourth-order valence-corrected chi connectivity index (χ4v) is 3.85. The number of halogens is 1. The molecule has 1 atom stereocenters. The van der Waals surface area contributed by atoms with E-state index in [1.54, 1.807) is 12.1 Å². The van der Waals surface area contributed by atoms with Gasteiger partial charge in [-0.2, -0.15) is 0 Å². The number of rotatable bonds is 4. The van der Waals surface area contributed by atoms with Crippen LogP contribution in [0.1, 0.15) is 56.6 Å². The number of fused-ring (bicyclic) bond motifs is 1. The summed E-state index contributed by atoms with van der Waals surface area (Å²) in [6, 6.07) is 11.8. The second-order valence-corrected chi connectivity index (χ2v) is 9.27. The topological polar surface area (TPSA) is 52.5 Å². The molecule has 1 saturated heterocycles. The summed E-state index contributed by atoms with van der Waals surface area (Å²) in [5.41, 5.74) is 2.19. The molecule has 1 N–H and O–H groups in total. The van der Waals surface area contributed by atoms with Crippen molar-refractivity contribution in [2.75, 3.05) is 0 Å². The summed E-state index contributed by atoms with van der Waals surface area (Å²) in [6.45, 7) is 9.90. The van der Waals surface area contributed by atoms with E-state index in [-0.39, 0.29) is 17.8 Å². The van der Waals surface area contributed by atoms with Crippen LogP contribution in [0.2, 0.25) is 0 Å². The number of nitrogens with one attached hydrogen (secondary N) is 1. The monoisotopic (exact) mass is 422 g/mol. The molecule has 7 heteroatoms. The molecule has 5 nitrogen and oxygen atoms in total. The van der Waals surface area contributed by atoms with Crippen molar-refractivity contribution in [1.29, 1.82) is 0 Å². The number of aryl methyl sites for hydroxylation is 1. The molecule has 1 unspecified atom stereocenters. The lowest BCUT2D eigenvalue weighted by molar-refractivity contribution is 0.00578. The van der Waals surface area contributed by atoms with Gasteiger partial charge < -0.3 is 19.2 Å². The van der Waals surface area contributed by atoms with E-state index >= 15 is 0 Å². The molecule has 0 spiro atoms. The molecule has 1 fully saturated rings. The van der Waals surface area contributed by atoms with Crippen molar-refractivity contribution < 1.29 is 18.5 Å². The number of hydrogen-bond donors (Lipinski definition) is 1. The maximum atomic E-state index is 13.6. The molecule has 2 heterocycles. The second-order valence-electron chi connectivity index (χ2n) is 9.27. The fraction of sp³-hybridized carbons (Fsp3) is 0.375. The van der Waals surface area contributed by atoms with Gasteiger partial charge in [0, 0.05) is 24.1 Å². The quantitative estimate of drug-likeness (QED) is 0.644. The van der Waals surface area contributed by atoms with E-state index in [0.29, 0.717) is 11.1 Å². The molecule has 1 aliphatic heterocycles. The zero-order valence-corrected chi connectivity index (χ0v) is 18.8. The zero-order valence-electron chi connectivity index (χ0n) is 18.8. The summed E-state index contributed by atoms with van der Waals surface area (Å²) in [4.78, 5) is 13.1. The van der Waals surface area contributed by atoms with Crippen LogP contribution in [0.25, 0.3) is 10.9 Å². The molecule has 0 radical (unpaired) electrons. The first-order chi connectivity index (χ1) is 14.5. The third kappa shape index (κ3) is 3.88. The van der Waals surface area contributed by atoms with Crippen LogP contribution in [-0.4, -0.2) is 28.8 Å². The number of nitrogens with zero attached hydrogens (tertiary/aromatic N) is 1. The summed E-state index contributed by atoms with van der Waals surface area (Å²) in [5.74, 6) is -0.538. The Kier molecular flexibility index (Phi) is 5.22. The number of carbonyl (C=O) groups excluding carboxylic acids is 1. The van der Waals surface area contributed by atoms with Crippen molar-refractivity contribution in [3.63, 3.8) is 0 Å². The standard InChI is InChI=1S/C24H28BFN2O3/c1-15(16-8-7-9-18(26)12-16)27-22(29)20-14-28(6)21-11-10-17(13-19(20)21)25-30-23(2,3)24(4,5)31-25/h7-15H,1-6H3,(H,27,29). The van der Waals surface area contributed by atoms with Crippen LogP contribution in [0.15, 0.2) is 48.7 Å².